The van der Waals surface area contributed by atoms with Gasteiger partial charge in [0, 0.05) is 9.49 Å². The molecule has 0 nitrogen and oxygen atoms in total. The van der Waals surface area contributed by atoms with Crippen LogP contribution in [0.25, 0.3) is 0 Å². The van der Waals surface area contributed by atoms with Crippen LogP contribution in [0.4, 0.5) is 0 Å². The van der Waals surface area contributed by atoms with Crippen molar-refractivity contribution in [3.8, 4) is 0 Å². The third kappa shape index (κ3) is 4.01. The summed E-state index contributed by atoms with van der Waals surface area (Å²) >= 11 is 2.21. The molecule has 0 spiro atoms. The number of thioether (sulfide) groups is 1. The second-order valence-corrected chi connectivity index (χ2v) is 8.52. The lowest BCUT2D eigenvalue weighted by molar-refractivity contribution is 0.302. The lowest BCUT2D eigenvalue weighted by Crippen LogP contribution is -2.34. The van der Waals surface area contributed by atoms with Crippen LogP contribution in [0.5, 0.6) is 0 Å². The Morgan fingerprint density at radius 1 is 1.00 bits per heavy atom. The van der Waals surface area contributed by atoms with E-state index < -0.39 is 0 Å². The van der Waals surface area contributed by atoms with E-state index in [4.69, 9.17) is 0 Å². The van der Waals surface area contributed by atoms with E-state index in [0.717, 1.165) is 5.92 Å². The summed E-state index contributed by atoms with van der Waals surface area (Å²) in [7, 11) is 0. The zero-order chi connectivity index (χ0) is 11.5. The maximum atomic E-state index is 2.46. The molecular formula is C14H28S. The van der Waals surface area contributed by atoms with Crippen LogP contribution in [-0.4, -0.2) is 9.49 Å². The van der Waals surface area contributed by atoms with Crippen molar-refractivity contribution in [1.82, 2.24) is 0 Å². The topological polar surface area (TPSA) is 0 Å². The van der Waals surface area contributed by atoms with E-state index in [1.165, 1.54) is 38.5 Å². The second kappa shape index (κ2) is 5.12. The third-order valence-corrected chi connectivity index (χ3v) is 5.68. The molecule has 15 heavy (non-hydrogen) atoms. The molecule has 1 aliphatic rings. The molecule has 1 fully saturated rings. The predicted molar refractivity (Wildman–Crippen MR) is 72.6 cm³/mol. The molecule has 0 aromatic heterocycles. The smallest absolute Gasteiger partial charge is 0.0137 e. The highest BCUT2D eigenvalue weighted by Gasteiger charge is 2.35. The monoisotopic (exact) mass is 228 g/mol. The van der Waals surface area contributed by atoms with Crippen molar-refractivity contribution in [2.24, 2.45) is 5.92 Å². The normalized spacial score (nSPS) is 20.6. The first kappa shape index (κ1) is 13.4. The van der Waals surface area contributed by atoms with Crippen molar-refractivity contribution in [1.29, 1.82) is 0 Å². The molecule has 0 N–H and O–H groups in total. The van der Waals surface area contributed by atoms with Gasteiger partial charge in [0.15, 0.2) is 0 Å². The molecule has 0 atom stereocenters. The van der Waals surface area contributed by atoms with Gasteiger partial charge in [-0.15, -0.1) is 11.8 Å². The largest absolute Gasteiger partial charge is 0.149 e. The summed E-state index contributed by atoms with van der Waals surface area (Å²) < 4.78 is 0.918. The van der Waals surface area contributed by atoms with Crippen LogP contribution in [-0.2, 0) is 0 Å². The second-order valence-electron chi connectivity index (χ2n) is 6.15. The summed E-state index contributed by atoms with van der Waals surface area (Å²) in [5.41, 5.74) is 0. The fraction of sp³-hybridized carbons (Fsp3) is 1.00. The average Bonchev–Trinajstić information content (AvgIpc) is 2.18. The molecule has 0 amide bonds. The Kier molecular flexibility index (Phi) is 4.58. The van der Waals surface area contributed by atoms with Crippen LogP contribution in [0.2, 0.25) is 0 Å². The zero-order valence-corrected chi connectivity index (χ0v) is 12.0. The summed E-state index contributed by atoms with van der Waals surface area (Å²) in [6.45, 7) is 12.0. The Labute approximate surface area is 101 Å². The molecule has 0 unspecified atom stereocenters. The Hall–Kier alpha value is 0.350. The van der Waals surface area contributed by atoms with E-state index >= 15 is 0 Å². The number of rotatable bonds is 4. The van der Waals surface area contributed by atoms with Crippen LogP contribution in [0.15, 0.2) is 0 Å². The van der Waals surface area contributed by atoms with Crippen molar-refractivity contribution in [2.45, 2.75) is 82.6 Å². The fourth-order valence-electron chi connectivity index (χ4n) is 2.67. The maximum Gasteiger partial charge on any atom is 0.0137 e. The molecular weight excluding hydrogens is 200 g/mol. The quantitative estimate of drug-likeness (QED) is 0.632. The van der Waals surface area contributed by atoms with Crippen LogP contribution in [0.1, 0.15) is 73.1 Å². The molecule has 0 radical (unpaired) electrons. The molecule has 0 bridgehead atoms. The van der Waals surface area contributed by atoms with Crippen LogP contribution in [0, 0.1) is 5.92 Å². The molecule has 1 heteroatoms. The average molecular weight is 228 g/mol. The van der Waals surface area contributed by atoms with E-state index in [1.54, 1.807) is 0 Å². The Bertz CT molecular complexity index is 188. The molecule has 0 aromatic carbocycles. The molecule has 1 saturated carbocycles. The highest BCUT2D eigenvalue weighted by molar-refractivity contribution is 8.01. The molecule has 0 aliphatic heterocycles. The molecule has 0 heterocycles. The van der Waals surface area contributed by atoms with E-state index in [9.17, 15) is 0 Å². The minimum atomic E-state index is 0.445. The van der Waals surface area contributed by atoms with Gasteiger partial charge in [0.25, 0.3) is 0 Å². The summed E-state index contributed by atoms with van der Waals surface area (Å²) in [6.07, 6.45) is 8.57. The first-order valence-corrected chi connectivity index (χ1v) is 7.39. The molecule has 0 saturated heterocycles. The fourth-order valence-corrected chi connectivity index (χ4v) is 4.64. The first-order chi connectivity index (χ1) is 6.87. The number of hydrogen-bond acceptors (Lipinski definition) is 1. The summed E-state index contributed by atoms with van der Waals surface area (Å²) in [6, 6.07) is 0. The van der Waals surface area contributed by atoms with Gasteiger partial charge in [0.05, 0.1) is 0 Å². The molecule has 1 rings (SSSR count). The van der Waals surface area contributed by atoms with Gasteiger partial charge in [-0.3, -0.25) is 0 Å². The highest BCUT2D eigenvalue weighted by atomic mass is 32.2. The van der Waals surface area contributed by atoms with Gasteiger partial charge >= 0.3 is 0 Å². The lowest BCUT2D eigenvalue weighted by Gasteiger charge is -2.41. The third-order valence-electron chi connectivity index (χ3n) is 3.98. The van der Waals surface area contributed by atoms with E-state index in [-0.39, 0.29) is 0 Å². The molecule has 1 aliphatic carbocycles. The van der Waals surface area contributed by atoms with Crippen molar-refractivity contribution in [2.75, 3.05) is 0 Å². The van der Waals surface area contributed by atoms with Gasteiger partial charge in [-0.25, -0.2) is 0 Å². The minimum Gasteiger partial charge on any atom is -0.149 e. The van der Waals surface area contributed by atoms with Crippen LogP contribution in [0.3, 0.4) is 0 Å². The first-order valence-electron chi connectivity index (χ1n) is 6.57. The van der Waals surface area contributed by atoms with Gasteiger partial charge in [0.1, 0.15) is 0 Å². The van der Waals surface area contributed by atoms with Gasteiger partial charge in [-0.1, -0.05) is 53.9 Å². The van der Waals surface area contributed by atoms with Crippen molar-refractivity contribution in [3.05, 3.63) is 0 Å². The Balaban J connectivity index is 2.56. The van der Waals surface area contributed by atoms with Gasteiger partial charge in [0.2, 0.25) is 0 Å². The van der Waals surface area contributed by atoms with E-state index in [1.807, 2.05) is 0 Å². The summed E-state index contributed by atoms with van der Waals surface area (Å²) in [5, 5.41) is 0. The maximum absolute atomic E-state index is 2.46. The van der Waals surface area contributed by atoms with Gasteiger partial charge in [-0.05, 0) is 25.2 Å². The molecule has 90 valence electrons. The van der Waals surface area contributed by atoms with E-state index in [2.05, 4.69) is 46.4 Å². The number of hydrogen-bond donors (Lipinski definition) is 0. The van der Waals surface area contributed by atoms with Gasteiger partial charge in [-0.2, -0.15) is 0 Å². The Morgan fingerprint density at radius 2 is 1.53 bits per heavy atom. The van der Waals surface area contributed by atoms with Crippen LogP contribution < -0.4 is 0 Å². The van der Waals surface area contributed by atoms with Crippen LogP contribution >= 0.6 is 11.8 Å². The Morgan fingerprint density at radius 3 is 2.00 bits per heavy atom. The van der Waals surface area contributed by atoms with E-state index in [0.29, 0.717) is 9.49 Å². The summed E-state index contributed by atoms with van der Waals surface area (Å²) in [5.74, 6) is 0.946. The zero-order valence-electron chi connectivity index (χ0n) is 11.2. The van der Waals surface area contributed by atoms with Gasteiger partial charge < -0.3 is 0 Å². The standard InChI is InChI=1S/C14H28S/c1-6-13(2,3)15-14(4,5)12-10-8-7-9-11-12/h12H,6-11H2,1-5H3. The SMILES string of the molecule is CCC(C)(C)SC(C)(C)C1CCCCC1. The predicted octanol–water partition coefficient (Wildman–Crippen LogP) is 5.27. The van der Waals surface area contributed by atoms with Crippen molar-refractivity contribution < 1.29 is 0 Å². The summed E-state index contributed by atoms with van der Waals surface area (Å²) in [4.78, 5) is 0. The van der Waals surface area contributed by atoms with Crippen molar-refractivity contribution >= 4 is 11.8 Å². The van der Waals surface area contributed by atoms with Crippen molar-refractivity contribution in [3.63, 3.8) is 0 Å². The minimum absolute atomic E-state index is 0.445. The molecule has 0 aromatic rings. The highest BCUT2D eigenvalue weighted by Crippen LogP contribution is 2.47. The lowest BCUT2D eigenvalue weighted by atomic mass is 9.81.